The molecule has 30 heavy (non-hydrogen) atoms. The van der Waals surface area contributed by atoms with Gasteiger partial charge in [-0.3, -0.25) is 0 Å². The number of nitrogens with zero attached hydrogens (tertiary/aromatic N) is 3. The Kier molecular flexibility index (Phi) is 4.99. The van der Waals surface area contributed by atoms with E-state index >= 15 is 0 Å². The fourth-order valence-electron chi connectivity index (χ4n) is 6.12. The summed E-state index contributed by atoms with van der Waals surface area (Å²) >= 11 is 0. The number of halogens is 1. The van der Waals surface area contributed by atoms with Gasteiger partial charge < -0.3 is 16.0 Å². The summed E-state index contributed by atoms with van der Waals surface area (Å²) in [4.78, 5) is 13.9. The van der Waals surface area contributed by atoms with Gasteiger partial charge >= 0.3 is 0 Å². The predicted octanol–water partition coefficient (Wildman–Crippen LogP) is 4.82. The Labute approximate surface area is 177 Å². The second kappa shape index (κ2) is 7.67. The van der Waals surface area contributed by atoms with Crippen LogP contribution in [0.15, 0.2) is 24.3 Å². The van der Waals surface area contributed by atoms with Crippen molar-refractivity contribution in [3.8, 4) is 0 Å². The van der Waals surface area contributed by atoms with E-state index in [-0.39, 0.29) is 17.4 Å². The second-order valence-electron chi connectivity index (χ2n) is 9.91. The first-order valence-corrected chi connectivity index (χ1v) is 11.2. The fourth-order valence-corrected chi connectivity index (χ4v) is 6.12. The quantitative estimate of drug-likeness (QED) is 0.607. The number of hydrogen-bond acceptors (Lipinski definition) is 6. The third-order valence-electron chi connectivity index (χ3n) is 6.83. The molecule has 3 N–H and O–H groups in total. The van der Waals surface area contributed by atoms with Crippen molar-refractivity contribution in [2.45, 2.75) is 70.5 Å². The lowest BCUT2D eigenvalue weighted by Crippen LogP contribution is -2.55. The van der Waals surface area contributed by atoms with Crippen LogP contribution in [0.25, 0.3) is 0 Å². The molecule has 1 aromatic heterocycles. The smallest absolute Gasteiger partial charge is 0.229 e. The molecule has 0 aliphatic heterocycles. The number of nitrogens with one attached hydrogen (secondary N) is 3. The minimum absolute atomic E-state index is 0.138. The summed E-state index contributed by atoms with van der Waals surface area (Å²) < 4.78 is 13.2. The highest BCUT2D eigenvalue weighted by molar-refractivity contribution is 5.44. The molecule has 6 nitrogen and oxygen atoms in total. The van der Waals surface area contributed by atoms with Gasteiger partial charge in [0.25, 0.3) is 0 Å². The molecule has 1 heterocycles. The molecule has 0 radical (unpaired) electrons. The first-order chi connectivity index (χ1) is 14.4. The standard InChI is InChI=1S/C23H31FN6/c1-14(2)26-21-27-20(25-13-15-3-5-19(24)6-4-15)28-22(29-21)30-23-10-16-7-17(11-23)9-18(8-16)12-23/h3-6,14,16-18H,7-13H2,1-2H3,(H3,25,26,27,28,29,30). The van der Waals surface area contributed by atoms with Gasteiger partial charge in [0.1, 0.15) is 5.82 Å². The minimum atomic E-state index is -0.232. The van der Waals surface area contributed by atoms with Gasteiger partial charge in [-0.15, -0.1) is 0 Å². The summed E-state index contributed by atoms with van der Waals surface area (Å²) in [6, 6.07) is 6.70. The van der Waals surface area contributed by atoms with Crippen molar-refractivity contribution < 1.29 is 4.39 Å². The molecular weight excluding hydrogens is 379 g/mol. The van der Waals surface area contributed by atoms with E-state index in [1.54, 1.807) is 12.1 Å². The van der Waals surface area contributed by atoms with Crippen molar-refractivity contribution in [1.82, 2.24) is 15.0 Å². The van der Waals surface area contributed by atoms with Gasteiger partial charge in [-0.25, -0.2) is 4.39 Å². The van der Waals surface area contributed by atoms with Crippen molar-refractivity contribution in [2.75, 3.05) is 16.0 Å². The zero-order valence-corrected chi connectivity index (χ0v) is 17.8. The first-order valence-electron chi connectivity index (χ1n) is 11.2. The summed E-state index contributed by atoms with van der Waals surface area (Å²) in [5.41, 5.74) is 1.12. The Morgan fingerprint density at radius 3 is 2.07 bits per heavy atom. The number of aromatic nitrogens is 3. The molecule has 4 aliphatic rings. The highest BCUT2D eigenvalue weighted by Gasteiger charge is 2.51. The Morgan fingerprint density at radius 1 is 0.900 bits per heavy atom. The van der Waals surface area contributed by atoms with Crippen LogP contribution in [0.1, 0.15) is 57.9 Å². The van der Waals surface area contributed by atoms with Crippen LogP contribution in [0.5, 0.6) is 0 Å². The molecular formula is C23H31FN6. The molecule has 4 aliphatic carbocycles. The molecule has 1 aromatic carbocycles. The van der Waals surface area contributed by atoms with Crippen LogP contribution < -0.4 is 16.0 Å². The van der Waals surface area contributed by atoms with Gasteiger partial charge in [-0.05, 0) is 87.8 Å². The highest BCUT2D eigenvalue weighted by Crippen LogP contribution is 2.56. The van der Waals surface area contributed by atoms with Crippen LogP contribution in [0, 0.1) is 23.6 Å². The van der Waals surface area contributed by atoms with Crippen molar-refractivity contribution in [1.29, 1.82) is 0 Å². The SMILES string of the molecule is CC(C)Nc1nc(NCc2ccc(F)cc2)nc(NC23CC4CC(CC(C4)C2)C3)n1. The Morgan fingerprint density at radius 2 is 1.47 bits per heavy atom. The average Bonchev–Trinajstić information content (AvgIpc) is 2.65. The van der Waals surface area contributed by atoms with E-state index in [0.29, 0.717) is 24.4 Å². The van der Waals surface area contributed by atoms with Crippen LogP contribution >= 0.6 is 0 Å². The molecule has 0 atom stereocenters. The maximum atomic E-state index is 13.2. The van der Waals surface area contributed by atoms with Crippen LogP contribution in [0.2, 0.25) is 0 Å². The van der Waals surface area contributed by atoms with Crippen LogP contribution in [-0.2, 0) is 6.54 Å². The van der Waals surface area contributed by atoms with Crippen LogP contribution in [0.4, 0.5) is 22.2 Å². The second-order valence-corrected chi connectivity index (χ2v) is 9.91. The zero-order chi connectivity index (χ0) is 20.7. The molecule has 6 rings (SSSR count). The van der Waals surface area contributed by atoms with Gasteiger partial charge in [0, 0.05) is 18.1 Å². The van der Waals surface area contributed by atoms with Crippen molar-refractivity contribution >= 4 is 17.8 Å². The normalized spacial score (nSPS) is 29.3. The first kappa shape index (κ1) is 19.5. The van der Waals surface area contributed by atoms with E-state index in [1.165, 1.54) is 50.7 Å². The lowest BCUT2D eigenvalue weighted by atomic mass is 9.53. The topological polar surface area (TPSA) is 74.8 Å². The van der Waals surface area contributed by atoms with Crippen LogP contribution in [0.3, 0.4) is 0 Å². The van der Waals surface area contributed by atoms with Gasteiger partial charge in [-0.1, -0.05) is 12.1 Å². The molecule has 4 saturated carbocycles. The molecule has 4 bridgehead atoms. The van der Waals surface area contributed by atoms with E-state index in [1.807, 2.05) is 0 Å². The van der Waals surface area contributed by atoms with E-state index < -0.39 is 0 Å². The lowest BCUT2D eigenvalue weighted by molar-refractivity contribution is 0.0103. The van der Waals surface area contributed by atoms with E-state index in [4.69, 9.17) is 4.98 Å². The summed E-state index contributed by atoms with van der Waals surface area (Å²) in [7, 11) is 0. The summed E-state index contributed by atoms with van der Waals surface area (Å²) in [6.45, 7) is 4.67. The average molecular weight is 411 g/mol. The molecule has 4 fully saturated rings. The predicted molar refractivity (Wildman–Crippen MR) is 117 cm³/mol. The lowest BCUT2D eigenvalue weighted by Gasteiger charge is -2.56. The van der Waals surface area contributed by atoms with E-state index in [9.17, 15) is 4.39 Å². The van der Waals surface area contributed by atoms with Crippen molar-refractivity contribution in [3.05, 3.63) is 35.6 Å². The third kappa shape index (κ3) is 4.20. The zero-order valence-electron chi connectivity index (χ0n) is 17.8. The Balaban J connectivity index is 1.36. The number of anilines is 3. The fraction of sp³-hybridized carbons (Fsp3) is 0.609. The molecule has 0 amide bonds. The summed E-state index contributed by atoms with van der Waals surface area (Å²) in [5, 5.41) is 10.3. The minimum Gasteiger partial charge on any atom is -0.352 e. The number of benzene rings is 1. The number of rotatable bonds is 7. The molecule has 0 spiro atoms. The molecule has 0 unspecified atom stereocenters. The molecule has 0 saturated heterocycles. The van der Waals surface area contributed by atoms with E-state index in [0.717, 1.165) is 23.3 Å². The molecule has 7 heteroatoms. The van der Waals surface area contributed by atoms with E-state index in [2.05, 4.69) is 39.8 Å². The Hall–Kier alpha value is -2.44. The summed E-state index contributed by atoms with van der Waals surface area (Å²) in [5.74, 6) is 4.10. The van der Waals surface area contributed by atoms with Crippen molar-refractivity contribution in [3.63, 3.8) is 0 Å². The van der Waals surface area contributed by atoms with Crippen molar-refractivity contribution in [2.24, 2.45) is 17.8 Å². The van der Waals surface area contributed by atoms with Gasteiger partial charge in [-0.2, -0.15) is 15.0 Å². The maximum absolute atomic E-state index is 13.2. The van der Waals surface area contributed by atoms with Gasteiger partial charge in [0.05, 0.1) is 0 Å². The molecule has 2 aromatic rings. The number of hydrogen-bond donors (Lipinski definition) is 3. The van der Waals surface area contributed by atoms with Crippen LogP contribution in [-0.4, -0.2) is 26.5 Å². The third-order valence-corrected chi connectivity index (χ3v) is 6.83. The highest BCUT2D eigenvalue weighted by atomic mass is 19.1. The summed E-state index contributed by atoms with van der Waals surface area (Å²) in [6.07, 6.45) is 7.91. The molecule has 160 valence electrons. The van der Waals surface area contributed by atoms with Gasteiger partial charge in [0.2, 0.25) is 17.8 Å². The van der Waals surface area contributed by atoms with Gasteiger partial charge in [0.15, 0.2) is 0 Å². The maximum Gasteiger partial charge on any atom is 0.229 e. The largest absolute Gasteiger partial charge is 0.352 e. The Bertz CT molecular complexity index is 862. The monoisotopic (exact) mass is 410 g/mol.